The maximum atomic E-state index is 12.3. The molecule has 2 aromatic heterocycles. The van der Waals surface area contributed by atoms with Crippen molar-refractivity contribution in [2.45, 2.75) is 13.0 Å². The summed E-state index contributed by atoms with van der Waals surface area (Å²) in [6.07, 6.45) is 0. The van der Waals surface area contributed by atoms with Gasteiger partial charge in [0.2, 0.25) is 5.56 Å². The van der Waals surface area contributed by atoms with E-state index in [1.165, 1.54) is 17.4 Å². The van der Waals surface area contributed by atoms with Crippen LogP contribution in [0.4, 0.5) is 0 Å². The Morgan fingerprint density at radius 2 is 2.04 bits per heavy atom. The Bertz CT molecular complexity index is 963. The van der Waals surface area contributed by atoms with E-state index in [1.807, 2.05) is 24.4 Å². The number of fused-ring (bicyclic) bond motifs is 1. The first kappa shape index (κ1) is 16.9. The number of aromatic amines is 1. The van der Waals surface area contributed by atoms with Crippen molar-refractivity contribution in [3.63, 3.8) is 0 Å². The van der Waals surface area contributed by atoms with Gasteiger partial charge in [-0.1, -0.05) is 24.3 Å². The molecule has 3 rings (SSSR count). The van der Waals surface area contributed by atoms with E-state index >= 15 is 0 Å². The van der Waals surface area contributed by atoms with Gasteiger partial charge >= 0.3 is 5.97 Å². The lowest BCUT2D eigenvalue weighted by Crippen LogP contribution is -2.31. The van der Waals surface area contributed by atoms with Gasteiger partial charge in [-0.3, -0.25) is 9.59 Å². The molecule has 7 heteroatoms. The van der Waals surface area contributed by atoms with Gasteiger partial charge in [-0.2, -0.15) is 0 Å². The number of pyridine rings is 1. The second kappa shape index (κ2) is 7.31. The molecule has 25 heavy (non-hydrogen) atoms. The average molecular weight is 356 g/mol. The number of thiophene rings is 1. The zero-order valence-electron chi connectivity index (χ0n) is 13.4. The highest BCUT2D eigenvalue weighted by Gasteiger charge is 2.16. The summed E-state index contributed by atoms with van der Waals surface area (Å²) in [4.78, 5) is 39.6. The lowest BCUT2D eigenvalue weighted by atomic mass is 10.1. The topological polar surface area (TPSA) is 88.3 Å². The van der Waals surface area contributed by atoms with Gasteiger partial charge in [0.15, 0.2) is 6.61 Å². The Balaban J connectivity index is 1.67. The Kier molecular flexibility index (Phi) is 4.95. The van der Waals surface area contributed by atoms with Gasteiger partial charge in [0.1, 0.15) is 0 Å². The Morgan fingerprint density at radius 3 is 2.80 bits per heavy atom. The van der Waals surface area contributed by atoms with Crippen LogP contribution in [0, 0.1) is 0 Å². The minimum Gasteiger partial charge on any atom is -0.452 e. The molecule has 0 aliphatic rings. The van der Waals surface area contributed by atoms with E-state index in [0.717, 1.165) is 4.88 Å². The fraction of sp³-hybridized carbons (Fsp3) is 0.167. The van der Waals surface area contributed by atoms with Crippen LogP contribution < -0.4 is 10.9 Å². The second-order valence-corrected chi connectivity index (χ2v) is 6.45. The van der Waals surface area contributed by atoms with E-state index in [1.54, 1.807) is 24.3 Å². The van der Waals surface area contributed by atoms with Gasteiger partial charge in [-0.05, 0) is 24.4 Å². The molecular formula is C18H16N2O4S. The van der Waals surface area contributed by atoms with Gasteiger partial charge in [0.25, 0.3) is 5.91 Å². The molecule has 0 radical (unpaired) electrons. The van der Waals surface area contributed by atoms with Crippen LogP contribution in [0.25, 0.3) is 10.9 Å². The molecule has 0 fully saturated rings. The third kappa shape index (κ3) is 3.95. The molecule has 0 unspecified atom stereocenters. The molecule has 0 spiro atoms. The number of ether oxygens (including phenoxy) is 1. The van der Waals surface area contributed by atoms with E-state index < -0.39 is 24.0 Å². The van der Waals surface area contributed by atoms with E-state index in [4.69, 9.17) is 4.74 Å². The highest BCUT2D eigenvalue weighted by Crippen LogP contribution is 2.18. The first-order valence-corrected chi connectivity index (χ1v) is 8.54. The normalized spacial score (nSPS) is 11.9. The van der Waals surface area contributed by atoms with Crippen LogP contribution in [0.15, 0.2) is 52.6 Å². The number of hydrogen-bond acceptors (Lipinski definition) is 5. The number of carbonyl (C=O) groups excluding carboxylic acids is 2. The van der Waals surface area contributed by atoms with Crippen molar-refractivity contribution in [3.05, 3.63) is 68.6 Å². The largest absolute Gasteiger partial charge is 0.452 e. The minimum absolute atomic E-state index is 0.137. The SMILES string of the molecule is C[C@@H](NC(=O)COC(=O)c1cc(=O)[nH]c2ccccc12)c1cccs1. The summed E-state index contributed by atoms with van der Waals surface area (Å²) < 4.78 is 5.07. The van der Waals surface area contributed by atoms with E-state index in [2.05, 4.69) is 10.3 Å². The number of para-hydroxylation sites is 1. The summed E-state index contributed by atoms with van der Waals surface area (Å²) in [5, 5.41) is 5.26. The van der Waals surface area contributed by atoms with E-state index in [-0.39, 0.29) is 11.6 Å². The van der Waals surface area contributed by atoms with E-state index in [9.17, 15) is 14.4 Å². The number of H-pyrrole nitrogens is 1. The zero-order valence-corrected chi connectivity index (χ0v) is 14.3. The standard InChI is InChI=1S/C18H16N2O4S/c1-11(15-7-4-8-25-15)19-17(22)10-24-18(23)13-9-16(21)20-14-6-3-2-5-12(13)14/h2-9,11H,10H2,1H3,(H,19,22)(H,20,21)/t11-/m1/s1. The van der Waals surface area contributed by atoms with Crippen molar-refractivity contribution < 1.29 is 14.3 Å². The van der Waals surface area contributed by atoms with Crippen molar-refractivity contribution in [2.75, 3.05) is 6.61 Å². The molecule has 1 amide bonds. The monoisotopic (exact) mass is 356 g/mol. The molecule has 0 saturated carbocycles. The third-order valence-electron chi connectivity index (χ3n) is 3.65. The van der Waals surface area contributed by atoms with Gasteiger partial charge in [-0.15, -0.1) is 11.3 Å². The number of hydrogen-bond donors (Lipinski definition) is 2. The first-order valence-electron chi connectivity index (χ1n) is 7.66. The molecule has 0 aliphatic carbocycles. The number of nitrogens with one attached hydrogen (secondary N) is 2. The number of aromatic nitrogens is 1. The molecule has 2 heterocycles. The lowest BCUT2D eigenvalue weighted by molar-refractivity contribution is -0.124. The molecule has 0 aliphatic heterocycles. The molecule has 6 nitrogen and oxygen atoms in total. The second-order valence-electron chi connectivity index (χ2n) is 5.47. The average Bonchev–Trinajstić information content (AvgIpc) is 3.13. The summed E-state index contributed by atoms with van der Waals surface area (Å²) in [6.45, 7) is 1.45. The summed E-state index contributed by atoms with van der Waals surface area (Å²) in [6, 6.07) is 11.8. The predicted octanol–water partition coefficient (Wildman–Crippen LogP) is 2.62. The van der Waals surface area contributed by atoms with Crippen molar-refractivity contribution in [1.29, 1.82) is 0 Å². The van der Waals surface area contributed by atoms with Crippen molar-refractivity contribution in [3.8, 4) is 0 Å². The summed E-state index contributed by atoms with van der Waals surface area (Å²) in [5.74, 6) is -1.11. The first-order chi connectivity index (χ1) is 12.0. The van der Waals surface area contributed by atoms with Crippen LogP contribution in [0.5, 0.6) is 0 Å². The van der Waals surface area contributed by atoms with Crippen LogP contribution >= 0.6 is 11.3 Å². The molecule has 0 bridgehead atoms. The Labute approximate surface area is 147 Å². The number of esters is 1. The summed E-state index contributed by atoms with van der Waals surface area (Å²) in [5.41, 5.74) is 0.276. The summed E-state index contributed by atoms with van der Waals surface area (Å²) >= 11 is 1.54. The van der Waals surface area contributed by atoms with Crippen LogP contribution in [-0.4, -0.2) is 23.5 Å². The molecule has 1 aromatic carbocycles. The van der Waals surface area contributed by atoms with Crippen molar-refractivity contribution in [1.82, 2.24) is 10.3 Å². The molecule has 2 N–H and O–H groups in total. The smallest absolute Gasteiger partial charge is 0.339 e. The van der Waals surface area contributed by atoms with E-state index in [0.29, 0.717) is 10.9 Å². The number of benzene rings is 1. The summed E-state index contributed by atoms with van der Waals surface area (Å²) in [7, 11) is 0. The molecule has 1 atom stereocenters. The van der Waals surface area contributed by atoms with Crippen LogP contribution in [0.2, 0.25) is 0 Å². The molecule has 3 aromatic rings. The Morgan fingerprint density at radius 1 is 1.24 bits per heavy atom. The van der Waals surface area contributed by atoms with Crippen LogP contribution in [0.3, 0.4) is 0 Å². The maximum absolute atomic E-state index is 12.3. The minimum atomic E-state index is -0.707. The van der Waals surface area contributed by atoms with Gasteiger partial charge in [-0.25, -0.2) is 4.79 Å². The lowest BCUT2D eigenvalue weighted by Gasteiger charge is -2.12. The molecule has 0 saturated heterocycles. The Hall–Kier alpha value is -2.93. The van der Waals surface area contributed by atoms with Crippen molar-refractivity contribution in [2.24, 2.45) is 0 Å². The highest BCUT2D eigenvalue weighted by molar-refractivity contribution is 7.10. The van der Waals surface area contributed by atoms with Crippen molar-refractivity contribution >= 4 is 34.1 Å². The zero-order chi connectivity index (χ0) is 17.8. The maximum Gasteiger partial charge on any atom is 0.339 e. The van der Waals surface area contributed by atoms with Gasteiger partial charge in [0.05, 0.1) is 11.6 Å². The van der Waals surface area contributed by atoms with Crippen LogP contribution in [-0.2, 0) is 9.53 Å². The third-order valence-corrected chi connectivity index (χ3v) is 4.71. The fourth-order valence-corrected chi connectivity index (χ4v) is 3.21. The van der Waals surface area contributed by atoms with Gasteiger partial charge in [0, 0.05) is 21.8 Å². The predicted molar refractivity (Wildman–Crippen MR) is 95.7 cm³/mol. The number of rotatable bonds is 5. The fourth-order valence-electron chi connectivity index (χ4n) is 2.47. The quantitative estimate of drug-likeness (QED) is 0.688. The van der Waals surface area contributed by atoms with Gasteiger partial charge < -0.3 is 15.0 Å². The highest BCUT2D eigenvalue weighted by atomic mass is 32.1. The van der Waals surface area contributed by atoms with Crippen LogP contribution in [0.1, 0.15) is 28.2 Å². The number of carbonyl (C=O) groups is 2. The molecule has 128 valence electrons. The molecular weight excluding hydrogens is 340 g/mol. The number of amides is 1.